The second kappa shape index (κ2) is 13.2. The summed E-state index contributed by atoms with van der Waals surface area (Å²) >= 11 is 0. The van der Waals surface area contributed by atoms with Gasteiger partial charge in [0.25, 0.3) is 0 Å². The van der Waals surface area contributed by atoms with Gasteiger partial charge >= 0.3 is 11.9 Å². The molecule has 0 heterocycles. The summed E-state index contributed by atoms with van der Waals surface area (Å²) in [5, 5.41) is 0. The van der Waals surface area contributed by atoms with Gasteiger partial charge in [0.05, 0.1) is 11.6 Å². The highest BCUT2D eigenvalue weighted by Crippen LogP contribution is 2.37. The summed E-state index contributed by atoms with van der Waals surface area (Å²) in [5.41, 5.74) is 2.59. The maximum Gasteiger partial charge on any atom is 0.350 e. The van der Waals surface area contributed by atoms with Gasteiger partial charge in [-0.1, -0.05) is 109 Å². The molecule has 4 aromatic carbocycles. The van der Waals surface area contributed by atoms with Crippen LogP contribution in [0.2, 0.25) is 0 Å². The van der Waals surface area contributed by atoms with Gasteiger partial charge in [-0.05, 0) is 56.5 Å². The van der Waals surface area contributed by atoms with Gasteiger partial charge in [0.2, 0.25) is 6.10 Å². The molecule has 40 heavy (non-hydrogen) atoms. The normalized spacial score (nSPS) is 13.7. The number of carbonyl (C=O) groups excluding carboxylic acids is 2. The van der Waals surface area contributed by atoms with Crippen LogP contribution in [0.3, 0.4) is 0 Å². The number of hydrogen-bond donors (Lipinski definition) is 0. The topological polar surface area (TPSA) is 55.8 Å². The fourth-order valence-corrected chi connectivity index (χ4v) is 4.74. The van der Waals surface area contributed by atoms with Crippen molar-refractivity contribution in [1.82, 2.24) is 4.90 Å². The molecule has 0 spiro atoms. The molecule has 0 saturated heterocycles. The Morgan fingerprint density at radius 3 is 1.70 bits per heavy atom. The molecule has 0 N–H and O–H groups in total. The highest BCUT2D eigenvalue weighted by atomic mass is 16.6. The molecule has 0 fully saturated rings. The molecular weight excluding hydrogens is 498 g/mol. The summed E-state index contributed by atoms with van der Waals surface area (Å²) in [7, 11) is 0. The van der Waals surface area contributed by atoms with Crippen molar-refractivity contribution >= 4 is 11.9 Å². The zero-order chi connectivity index (χ0) is 28.5. The van der Waals surface area contributed by atoms with Crippen LogP contribution in [0.5, 0.6) is 0 Å². The first-order valence-corrected chi connectivity index (χ1v) is 13.6. The highest BCUT2D eigenvalue weighted by Gasteiger charge is 2.42. The van der Waals surface area contributed by atoms with E-state index in [4.69, 9.17) is 9.47 Å². The maximum atomic E-state index is 13.9. The van der Waals surface area contributed by atoms with Crippen LogP contribution in [0, 0.1) is 0 Å². The Morgan fingerprint density at radius 1 is 0.700 bits per heavy atom. The monoisotopic (exact) mass is 535 g/mol. The Bertz CT molecular complexity index is 1350. The fourth-order valence-electron chi connectivity index (χ4n) is 4.74. The number of ether oxygens (including phenoxy) is 2. The van der Waals surface area contributed by atoms with Gasteiger partial charge in [-0.3, -0.25) is 4.90 Å². The standard InChI is InChI=1S/C35H37NO4/c1-26(28-19-11-6-12-20-28)36(25-27-17-9-5-10-18-27)31(29-21-13-7-14-22-29)32(34(38)40-35(2,3)4)39-33(37)30-23-15-8-16-24-30/h5-24,26,31-32H,25H2,1-4H3. The van der Waals surface area contributed by atoms with Gasteiger partial charge in [0.1, 0.15) is 5.60 Å². The Labute approximate surface area is 237 Å². The molecule has 0 radical (unpaired) electrons. The maximum absolute atomic E-state index is 13.9. The number of nitrogens with zero attached hydrogens (tertiary/aromatic N) is 1. The van der Waals surface area contributed by atoms with E-state index in [0.717, 1.165) is 16.7 Å². The smallest absolute Gasteiger partial charge is 0.350 e. The summed E-state index contributed by atoms with van der Waals surface area (Å²) in [6, 6.07) is 37.9. The van der Waals surface area contributed by atoms with Crippen LogP contribution in [0.25, 0.3) is 0 Å². The van der Waals surface area contributed by atoms with E-state index in [9.17, 15) is 9.59 Å². The quantitative estimate of drug-likeness (QED) is 0.196. The molecule has 5 nitrogen and oxygen atoms in total. The molecule has 0 aliphatic carbocycles. The van der Waals surface area contributed by atoms with E-state index in [1.807, 2.05) is 93.6 Å². The zero-order valence-electron chi connectivity index (χ0n) is 23.6. The Hall–Kier alpha value is -4.22. The molecule has 0 amide bonds. The van der Waals surface area contributed by atoms with E-state index in [1.54, 1.807) is 24.3 Å². The summed E-state index contributed by atoms with van der Waals surface area (Å²) in [6.07, 6.45) is -1.23. The predicted molar refractivity (Wildman–Crippen MR) is 158 cm³/mol. The molecule has 0 aromatic heterocycles. The van der Waals surface area contributed by atoms with Crippen molar-refractivity contribution in [3.63, 3.8) is 0 Å². The lowest BCUT2D eigenvalue weighted by Crippen LogP contribution is -2.46. The van der Waals surface area contributed by atoms with Crippen LogP contribution in [0.1, 0.15) is 66.8 Å². The van der Waals surface area contributed by atoms with Crippen molar-refractivity contribution in [2.45, 2.75) is 58.0 Å². The molecular formula is C35H37NO4. The van der Waals surface area contributed by atoms with Gasteiger partial charge in [0, 0.05) is 12.6 Å². The van der Waals surface area contributed by atoms with Crippen molar-refractivity contribution in [2.75, 3.05) is 0 Å². The lowest BCUT2D eigenvalue weighted by molar-refractivity contribution is -0.170. The first-order chi connectivity index (χ1) is 19.2. The number of esters is 2. The van der Waals surface area contributed by atoms with E-state index in [-0.39, 0.29) is 6.04 Å². The summed E-state index contributed by atoms with van der Waals surface area (Å²) < 4.78 is 12.0. The van der Waals surface area contributed by atoms with Crippen LogP contribution in [0.4, 0.5) is 0 Å². The van der Waals surface area contributed by atoms with E-state index in [1.165, 1.54) is 0 Å². The van der Waals surface area contributed by atoms with Gasteiger partial charge in [-0.15, -0.1) is 0 Å². The molecule has 4 rings (SSSR count). The summed E-state index contributed by atoms with van der Waals surface area (Å²) in [4.78, 5) is 29.6. The van der Waals surface area contributed by atoms with Crippen LogP contribution < -0.4 is 0 Å². The number of benzene rings is 4. The minimum atomic E-state index is -1.23. The third-order valence-electron chi connectivity index (χ3n) is 6.66. The molecule has 0 bridgehead atoms. The van der Waals surface area contributed by atoms with Crippen LogP contribution >= 0.6 is 0 Å². The second-order valence-corrected chi connectivity index (χ2v) is 10.8. The fraction of sp³-hybridized carbons (Fsp3) is 0.257. The minimum absolute atomic E-state index is 0.132. The van der Waals surface area contributed by atoms with Crippen LogP contribution in [-0.2, 0) is 20.8 Å². The lowest BCUT2D eigenvalue weighted by Gasteiger charge is -2.40. The van der Waals surface area contributed by atoms with E-state index in [0.29, 0.717) is 12.1 Å². The largest absolute Gasteiger partial charge is 0.457 e. The molecule has 3 atom stereocenters. The third kappa shape index (κ3) is 7.67. The van der Waals surface area contributed by atoms with Crippen molar-refractivity contribution in [3.8, 4) is 0 Å². The summed E-state index contributed by atoms with van der Waals surface area (Å²) in [5.74, 6) is -1.17. The van der Waals surface area contributed by atoms with E-state index in [2.05, 4.69) is 36.1 Å². The van der Waals surface area contributed by atoms with Crippen LogP contribution in [0.15, 0.2) is 121 Å². The van der Waals surface area contributed by atoms with Gasteiger partial charge in [0.15, 0.2) is 0 Å². The average Bonchev–Trinajstić information content (AvgIpc) is 2.97. The molecule has 0 aliphatic heterocycles. The number of hydrogen-bond acceptors (Lipinski definition) is 5. The third-order valence-corrected chi connectivity index (χ3v) is 6.66. The van der Waals surface area contributed by atoms with Crippen molar-refractivity contribution < 1.29 is 19.1 Å². The first kappa shape index (κ1) is 28.8. The molecule has 0 saturated carbocycles. The average molecular weight is 536 g/mol. The van der Waals surface area contributed by atoms with E-state index < -0.39 is 29.7 Å². The molecule has 4 aromatic rings. The Kier molecular flexibility index (Phi) is 9.52. The van der Waals surface area contributed by atoms with Crippen LogP contribution in [-0.4, -0.2) is 28.5 Å². The van der Waals surface area contributed by atoms with Crippen molar-refractivity contribution in [2.24, 2.45) is 0 Å². The SMILES string of the molecule is CC(c1ccccc1)N(Cc1ccccc1)C(c1ccccc1)C(OC(=O)c1ccccc1)C(=O)OC(C)(C)C. The van der Waals surface area contributed by atoms with Gasteiger partial charge < -0.3 is 9.47 Å². The first-order valence-electron chi connectivity index (χ1n) is 13.6. The molecule has 5 heteroatoms. The molecule has 3 unspecified atom stereocenters. The summed E-state index contributed by atoms with van der Waals surface area (Å²) in [6.45, 7) is 8.06. The number of rotatable bonds is 10. The van der Waals surface area contributed by atoms with Crippen molar-refractivity contribution in [3.05, 3.63) is 144 Å². The Morgan fingerprint density at radius 2 is 1.18 bits per heavy atom. The molecule has 0 aliphatic rings. The lowest BCUT2D eigenvalue weighted by atomic mass is 9.94. The van der Waals surface area contributed by atoms with Gasteiger partial charge in [-0.25, -0.2) is 9.59 Å². The molecule has 206 valence electrons. The highest BCUT2D eigenvalue weighted by molar-refractivity contribution is 5.91. The Balaban J connectivity index is 1.86. The second-order valence-electron chi connectivity index (χ2n) is 10.8. The van der Waals surface area contributed by atoms with Crippen molar-refractivity contribution in [1.29, 1.82) is 0 Å². The van der Waals surface area contributed by atoms with Gasteiger partial charge in [-0.2, -0.15) is 0 Å². The minimum Gasteiger partial charge on any atom is -0.457 e. The zero-order valence-corrected chi connectivity index (χ0v) is 23.6. The van der Waals surface area contributed by atoms with E-state index >= 15 is 0 Å². The predicted octanol–water partition coefficient (Wildman–Crippen LogP) is 7.56. The number of carbonyl (C=O) groups is 2.